The predicted octanol–water partition coefficient (Wildman–Crippen LogP) is 6.25. The molecule has 0 spiro atoms. The summed E-state index contributed by atoms with van der Waals surface area (Å²) in [6.07, 6.45) is 0. The van der Waals surface area contributed by atoms with Crippen molar-refractivity contribution in [1.82, 2.24) is 0 Å². The molecule has 0 unspecified atom stereocenters. The Labute approximate surface area is 153 Å². The highest BCUT2D eigenvalue weighted by atomic mass is 16.1. The van der Waals surface area contributed by atoms with Gasteiger partial charge in [0, 0.05) is 11.1 Å². The van der Waals surface area contributed by atoms with Crippen LogP contribution in [0.1, 0.15) is 15.9 Å². The van der Waals surface area contributed by atoms with Crippen LogP contribution in [0.4, 0.5) is 0 Å². The molecule has 26 heavy (non-hydrogen) atoms. The van der Waals surface area contributed by atoms with Crippen LogP contribution in [0.2, 0.25) is 0 Å². The third-order valence-electron chi connectivity index (χ3n) is 4.51. The summed E-state index contributed by atoms with van der Waals surface area (Å²) in [7, 11) is 0. The molecule has 0 aliphatic rings. The van der Waals surface area contributed by atoms with Gasteiger partial charge in [-0.1, -0.05) is 109 Å². The third kappa shape index (κ3) is 3.20. The Hall–Kier alpha value is -3.45. The molecule has 0 fully saturated rings. The van der Waals surface area contributed by atoms with E-state index in [0.29, 0.717) is 5.56 Å². The Morgan fingerprint density at radius 2 is 0.962 bits per heavy atom. The molecule has 0 bridgehead atoms. The molecule has 0 aliphatic carbocycles. The summed E-state index contributed by atoms with van der Waals surface area (Å²) in [6, 6.07) is 35.9. The smallest absolute Gasteiger partial charge is 0.193 e. The number of ketones is 1. The molecule has 124 valence electrons. The number of hydrogen-bond acceptors (Lipinski definition) is 1. The van der Waals surface area contributed by atoms with Crippen molar-refractivity contribution in [3.05, 3.63) is 120 Å². The first kappa shape index (κ1) is 16.0. The molecule has 0 N–H and O–H groups in total. The van der Waals surface area contributed by atoms with Gasteiger partial charge >= 0.3 is 0 Å². The molecule has 0 aliphatic heterocycles. The molecule has 4 aromatic rings. The largest absolute Gasteiger partial charge is 0.289 e. The highest BCUT2D eigenvalue weighted by Crippen LogP contribution is 2.28. The van der Waals surface area contributed by atoms with E-state index in [0.717, 1.165) is 16.7 Å². The number of hydrogen-bond donors (Lipinski definition) is 0. The number of rotatable bonds is 4. The molecule has 0 heterocycles. The van der Waals surface area contributed by atoms with Crippen LogP contribution in [-0.2, 0) is 0 Å². The van der Waals surface area contributed by atoms with Crippen molar-refractivity contribution in [3.8, 4) is 22.3 Å². The third-order valence-corrected chi connectivity index (χ3v) is 4.51. The normalized spacial score (nSPS) is 10.5. The first-order chi connectivity index (χ1) is 12.8. The van der Waals surface area contributed by atoms with Gasteiger partial charge < -0.3 is 0 Å². The van der Waals surface area contributed by atoms with Crippen LogP contribution in [-0.4, -0.2) is 5.78 Å². The van der Waals surface area contributed by atoms with E-state index in [4.69, 9.17) is 0 Å². The van der Waals surface area contributed by atoms with E-state index in [2.05, 4.69) is 36.4 Å². The lowest BCUT2D eigenvalue weighted by Crippen LogP contribution is -2.03. The molecule has 4 rings (SSSR count). The van der Waals surface area contributed by atoms with Crippen LogP contribution in [0.25, 0.3) is 22.3 Å². The van der Waals surface area contributed by atoms with Gasteiger partial charge in [-0.05, 0) is 22.3 Å². The van der Waals surface area contributed by atoms with Crippen LogP contribution in [0.5, 0.6) is 0 Å². The molecule has 0 amide bonds. The van der Waals surface area contributed by atoms with E-state index in [9.17, 15) is 4.79 Å². The van der Waals surface area contributed by atoms with Gasteiger partial charge in [0.15, 0.2) is 5.78 Å². The minimum atomic E-state index is 0.0494. The van der Waals surface area contributed by atoms with E-state index in [1.165, 1.54) is 11.1 Å². The fraction of sp³-hybridized carbons (Fsp3) is 0. The second kappa shape index (κ2) is 7.20. The minimum Gasteiger partial charge on any atom is -0.289 e. The lowest BCUT2D eigenvalue weighted by molar-refractivity contribution is 0.103. The second-order valence-electron chi connectivity index (χ2n) is 6.18. The van der Waals surface area contributed by atoms with E-state index in [-0.39, 0.29) is 5.78 Å². The van der Waals surface area contributed by atoms with Crippen molar-refractivity contribution in [2.45, 2.75) is 0 Å². The molecule has 0 saturated carbocycles. The Kier molecular flexibility index (Phi) is 4.44. The maximum Gasteiger partial charge on any atom is 0.193 e. The maximum atomic E-state index is 12.9. The molecule has 4 aromatic carbocycles. The molecule has 0 atom stereocenters. The van der Waals surface area contributed by atoms with Crippen molar-refractivity contribution in [1.29, 1.82) is 0 Å². The molecular formula is C25H18O. The lowest BCUT2D eigenvalue weighted by Gasteiger charge is -2.10. The summed E-state index contributed by atoms with van der Waals surface area (Å²) in [5, 5.41) is 0. The van der Waals surface area contributed by atoms with Crippen molar-refractivity contribution in [3.63, 3.8) is 0 Å². The lowest BCUT2D eigenvalue weighted by atomic mass is 9.93. The van der Waals surface area contributed by atoms with Crippen LogP contribution >= 0.6 is 0 Å². The quantitative estimate of drug-likeness (QED) is 0.403. The van der Waals surface area contributed by atoms with Crippen LogP contribution in [0.15, 0.2) is 109 Å². The van der Waals surface area contributed by atoms with Gasteiger partial charge in [0.2, 0.25) is 0 Å². The van der Waals surface area contributed by atoms with Crippen molar-refractivity contribution in [2.24, 2.45) is 0 Å². The minimum absolute atomic E-state index is 0.0494. The van der Waals surface area contributed by atoms with Gasteiger partial charge in [-0.25, -0.2) is 0 Å². The first-order valence-electron chi connectivity index (χ1n) is 8.67. The standard InChI is InChI=1S/C25H18O/c26-25(22-11-5-2-6-12-22)24-14-8-7-13-23(24)21-17-15-20(16-18-21)19-9-3-1-4-10-19/h1-18H. The first-order valence-corrected chi connectivity index (χ1v) is 8.67. The van der Waals surface area contributed by atoms with Gasteiger partial charge in [0.1, 0.15) is 0 Å². The molecular weight excluding hydrogens is 316 g/mol. The summed E-state index contributed by atoms with van der Waals surface area (Å²) < 4.78 is 0. The Morgan fingerprint density at radius 3 is 1.65 bits per heavy atom. The average molecular weight is 334 g/mol. The zero-order valence-corrected chi connectivity index (χ0v) is 14.3. The Bertz CT molecular complexity index is 1020. The number of benzene rings is 4. The summed E-state index contributed by atoms with van der Waals surface area (Å²) in [4.78, 5) is 12.9. The Balaban J connectivity index is 1.72. The van der Waals surface area contributed by atoms with Gasteiger partial charge in [-0.3, -0.25) is 4.79 Å². The van der Waals surface area contributed by atoms with Crippen molar-refractivity contribution < 1.29 is 4.79 Å². The predicted molar refractivity (Wildman–Crippen MR) is 107 cm³/mol. The second-order valence-corrected chi connectivity index (χ2v) is 6.18. The molecule has 0 radical (unpaired) electrons. The highest BCUT2D eigenvalue weighted by Gasteiger charge is 2.14. The summed E-state index contributed by atoms with van der Waals surface area (Å²) in [5.41, 5.74) is 5.80. The number of carbonyl (C=O) groups is 1. The van der Waals surface area contributed by atoms with Crippen LogP contribution < -0.4 is 0 Å². The van der Waals surface area contributed by atoms with Crippen molar-refractivity contribution >= 4 is 5.78 Å². The SMILES string of the molecule is O=C(c1ccccc1)c1ccccc1-c1ccc(-c2ccccc2)cc1. The Morgan fingerprint density at radius 1 is 0.462 bits per heavy atom. The zero-order valence-electron chi connectivity index (χ0n) is 14.3. The maximum absolute atomic E-state index is 12.9. The van der Waals surface area contributed by atoms with Crippen LogP contribution in [0.3, 0.4) is 0 Å². The number of carbonyl (C=O) groups excluding carboxylic acids is 1. The molecule has 0 aromatic heterocycles. The molecule has 1 heteroatoms. The van der Waals surface area contributed by atoms with Crippen LogP contribution in [0, 0.1) is 0 Å². The molecule has 0 saturated heterocycles. The average Bonchev–Trinajstić information content (AvgIpc) is 2.75. The fourth-order valence-corrected chi connectivity index (χ4v) is 3.15. The molecule has 1 nitrogen and oxygen atoms in total. The van der Waals surface area contributed by atoms with E-state index in [1.807, 2.05) is 72.8 Å². The summed E-state index contributed by atoms with van der Waals surface area (Å²) in [5.74, 6) is 0.0494. The van der Waals surface area contributed by atoms with Gasteiger partial charge in [-0.15, -0.1) is 0 Å². The highest BCUT2D eigenvalue weighted by molar-refractivity contribution is 6.12. The van der Waals surface area contributed by atoms with E-state index in [1.54, 1.807) is 0 Å². The summed E-state index contributed by atoms with van der Waals surface area (Å²) in [6.45, 7) is 0. The van der Waals surface area contributed by atoms with Crippen molar-refractivity contribution in [2.75, 3.05) is 0 Å². The van der Waals surface area contributed by atoms with Gasteiger partial charge in [-0.2, -0.15) is 0 Å². The fourth-order valence-electron chi connectivity index (χ4n) is 3.15. The zero-order chi connectivity index (χ0) is 17.8. The van der Waals surface area contributed by atoms with E-state index < -0.39 is 0 Å². The van der Waals surface area contributed by atoms with Gasteiger partial charge in [0.05, 0.1) is 0 Å². The van der Waals surface area contributed by atoms with E-state index >= 15 is 0 Å². The van der Waals surface area contributed by atoms with Gasteiger partial charge in [0.25, 0.3) is 0 Å². The summed E-state index contributed by atoms with van der Waals surface area (Å²) >= 11 is 0. The monoisotopic (exact) mass is 334 g/mol. The topological polar surface area (TPSA) is 17.1 Å².